The molecule has 1 saturated heterocycles. The normalized spacial score (nSPS) is 25.5. The van der Waals surface area contributed by atoms with Crippen molar-refractivity contribution in [3.05, 3.63) is 35.4 Å². The van der Waals surface area contributed by atoms with Gasteiger partial charge in [-0.2, -0.15) is 0 Å². The van der Waals surface area contributed by atoms with Gasteiger partial charge in [-0.25, -0.2) is 0 Å². The number of nitrogens with zero attached hydrogens (tertiary/aromatic N) is 2. The Bertz CT molecular complexity index is 595. The quantitative estimate of drug-likeness (QED) is 0.635. The van der Waals surface area contributed by atoms with Crippen LogP contribution in [0.25, 0.3) is 0 Å². The van der Waals surface area contributed by atoms with E-state index in [2.05, 4.69) is 58.6 Å². The maximum Gasteiger partial charge on any atom is 0.191 e. The number of nitrogens with one attached hydrogen (secondary N) is 2. The van der Waals surface area contributed by atoms with Gasteiger partial charge in [0.05, 0.1) is 5.60 Å². The Labute approximate surface area is 151 Å². The maximum absolute atomic E-state index is 5.84. The first kappa shape index (κ1) is 18.2. The highest BCUT2D eigenvalue weighted by Crippen LogP contribution is 2.24. The summed E-state index contributed by atoms with van der Waals surface area (Å²) in [5.41, 5.74) is 2.91. The zero-order chi connectivity index (χ0) is 17.7. The summed E-state index contributed by atoms with van der Waals surface area (Å²) in [4.78, 5) is 6.90. The Balaban J connectivity index is 1.45. The van der Waals surface area contributed by atoms with Crippen LogP contribution in [0.3, 0.4) is 0 Å². The second kappa shape index (κ2) is 8.19. The predicted molar refractivity (Wildman–Crippen MR) is 103 cm³/mol. The van der Waals surface area contributed by atoms with Gasteiger partial charge in [0.2, 0.25) is 0 Å². The molecule has 25 heavy (non-hydrogen) atoms. The minimum absolute atomic E-state index is 0.0557. The number of fused-ring (bicyclic) bond motifs is 1. The van der Waals surface area contributed by atoms with Crippen LogP contribution in [0.1, 0.15) is 37.8 Å². The van der Waals surface area contributed by atoms with Gasteiger partial charge in [0.15, 0.2) is 5.96 Å². The van der Waals surface area contributed by atoms with E-state index < -0.39 is 0 Å². The van der Waals surface area contributed by atoms with E-state index >= 15 is 0 Å². The fourth-order valence-electron chi connectivity index (χ4n) is 3.73. The third-order valence-corrected chi connectivity index (χ3v) is 5.50. The lowest BCUT2D eigenvalue weighted by molar-refractivity contribution is 0.0242. The van der Waals surface area contributed by atoms with Crippen molar-refractivity contribution < 1.29 is 4.74 Å². The molecule has 0 saturated carbocycles. The fraction of sp³-hybridized carbons (Fsp3) is 0.650. The van der Waals surface area contributed by atoms with E-state index in [1.165, 1.54) is 11.1 Å². The predicted octanol–water partition coefficient (Wildman–Crippen LogP) is 2.17. The van der Waals surface area contributed by atoms with Gasteiger partial charge < -0.3 is 15.4 Å². The molecule has 1 aromatic carbocycles. The lowest BCUT2D eigenvalue weighted by atomic mass is 9.99. The van der Waals surface area contributed by atoms with Gasteiger partial charge in [-0.1, -0.05) is 24.3 Å². The first-order valence-corrected chi connectivity index (χ1v) is 9.49. The molecule has 0 spiro atoms. The van der Waals surface area contributed by atoms with Crippen molar-refractivity contribution in [3.8, 4) is 0 Å². The van der Waals surface area contributed by atoms with Gasteiger partial charge in [-0.3, -0.25) is 9.89 Å². The average Bonchev–Trinajstić information content (AvgIpc) is 3.08. The van der Waals surface area contributed by atoms with Gasteiger partial charge in [0.1, 0.15) is 0 Å². The fourth-order valence-corrected chi connectivity index (χ4v) is 3.73. The molecule has 0 bridgehead atoms. The Hall–Kier alpha value is -1.59. The highest BCUT2D eigenvalue weighted by Gasteiger charge is 2.29. The van der Waals surface area contributed by atoms with Crippen molar-refractivity contribution in [2.24, 2.45) is 4.99 Å². The molecule has 3 rings (SSSR count). The number of rotatable bonds is 5. The van der Waals surface area contributed by atoms with E-state index in [0.717, 1.165) is 58.0 Å². The third-order valence-electron chi connectivity index (χ3n) is 5.50. The molecular formula is C20H32N4O. The van der Waals surface area contributed by atoms with Crippen molar-refractivity contribution in [3.63, 3.8) is 0 Å². The molecule has 2 atom stereocenters. The minimum atomic E-state index is -0.0557. The van der Waals surface area contributed by atoms with Crippen molar-refractivity contribution in [2.75, 3.05) is 33.3 Å². The molecule has 0 amide bonds. The zero-order valence-electron chi connectivity index (χ0n) is 15.8. The molecule has 0 aromatic heterocycles. The molecule has 2 aliphatic rings. The SMILES string of the molecule is CN=C(NCC(C)N1CCc2ccccc2C1)NCC1(C)CCCO1. The topological polar surface area (TPSA) is 48.9 Å². The van der Waals surface area contributed by atoms with E-state index in [4.69, 9.17) is 4.74 Å². The molecule has 1 fully saturated rings. The highest BCUT2D eigenvalue weighted by molar-refractivity contribution is 5.79. The second-order valence-electron chi connectivity index (χ2n) is 7.55. The summed E-state index contributed by atoms with van der Waals surface area (Å²) in [6.45, 7) is 9.19. The van der Waals surface area contributed by atoms with Crippen LogP contribution in [0.5, 0.6) is 0 Å². The van der Waals surface area contributed by atoms with Gasteiger partial charge >= 0.3 is 0 Å². The number of benzene rings is 1. The van der Waals surface area contributed by atoms with Crippen LogP contribution >= 0.6 is 0 Å². The summed E-state index contributed by atoms with van der Waals surface area (Å²) in [7, 11) is 1.83. The summed E-state index contributed by atoms with van der Waals surface area (Å²) < 4.78 is 5.84. The third kappa shape index (κ3) is 4.73. The summed E-state index contributed by atoms with van der Waals surface area (Å²) in [5, 5.41) is 6.89. The number of ether oxygens (including phenoxy) is 1. The smallest absolute Gasteiger partial charge is 0.191 e. The minimum Gasteiger partial charge on any atom is -0.373 e. The molecule has 2 aliphatic heterocycles. The van der Waals surface area contributed by atoms with E-state index in [1.54, 1.807) is 0 Å². The Morgan fingerprint density at radius 1 is 1.32 bits per heavy atom. The Morgan fingerprint density at radius 3 is 2.84 bits per heavy atom. The summed E-state index contributed by atoms with van der Waals surface area (Å²) >= 11 is 0. The first-order chi connectivity index (χ1) is 12.1. The lowest BCUT2D eigenvalue weighted by Gasteiger charge is -2.34. The standard InChI is InChI=1S/C20H32N4O/c1-16(24-11-9-17-7-4-5-8-18(17)14-24)13-22-19(21-3)23-15-20(2)10-6-12-25-20/h4-5,7-8,16H,6,9-15H2,1-3H3,(H2,21,22,23). The van der Waals surface area contributed by atoms with Crippen LogP contribution in [0, 0.1) is 0 Å². The molecule has 0 radical (unpaired) electrons. The van der Waals surface area contributed by atoms with Crippen LogP contribution in [-0.2, 0) is 17.7 Å². The van der Waals surface area contributed by atoms with Gasteiger partial charge in [0.25, 0.3) is 0 Å². The van der Waals surface area contributed by atoms with Crippen LogP contribution < -0.4 is 10.6 Å². The monoisotopic (exact) mass is 344 g/mol. The largest absolute Gasteiger partial charge is 0.373 e. The molecule has 5 nitrogen and oxygen atoms in total. The van der Waals surface area contributed by atoms with Crippen LogP contribution in [0.2, 0.25) is 0 Å². The number of hydrogen-bond acceptors (Lipinski definition) is 3. The first-order valence-electron chi connectivity index (χ1n) is 9.49. The Kier molecular flexibility index (Phi) is 5.97. The van der Waals surface area contributed by atoms with Crippen molar-refractivity contribution in [1.29, 1.82) is 0 Å². The average molecular weight is 345 g/mol. The van der Waals surface area contributed by atoms with Gasteiger partial charge in [-0.05, 0) is 44.2 Å². The summed E-state index contributed by atoms with van der Waals surface area (Å²) in [6, 6.07) is 9.26. The van der Waals surface area contributed by atoms with Crippen molar-refractivity contribution >= 4 is 5.96 Å². The van der Waals surface area contributed by atoms with E-state index in [-0.39, 0.29) is 5.60 Å². The van der Waals surface area contributed by atoms with Gasteiger partial charge in [0, 0.05) is 45.9 Å². The molecule has 2 N–H and O–H groups in total. The number of guanidine groups is 1. The van der Waals surface area contributed by atoms with Crippen LogP contribution in [-0.4, -0.2) is 55.8 Å². The summed E-state index contributed by atoms with van der Waals surface area (Å²) in [6.07, 6.45) is 3.40. The van der Waals surface area contributed by atoms with Gasteiger partial charge in [-0.15, -0.1) is 0 Å². The van der Waals surface area contributed by atoms with E-state index in [0.29, 0.717) is 6.04 Å². The molecule has 0 aliphatic carbocycles. The Morgan fingerprint density at radius 2 is 2.12 bits per heavy atom. The van der Waals surface area contributed by atoms with Crippen LogP contribution in [0.15, 0.2) is 29.3 Å². The molecule has 2 heterocycles. The van der Waals surface area contributed by atoms with Crippen molar-refractivity contribution in [1.82, 2.24) is 15.5 Å². The van der Waals surface area contributed by atoms with E-state index in [1.807, 2.05) is 7.05 Å². The lowest BCUT2D eigenvalue weighted by Crippen LogP contribution is -2.49. The highest BCUT2D eigenvalue weighted by atomic mass is 16.5. The molecular weight excluding hydrogens is 312 g/mol. The summed E-state index contributed by atoms with van der Waals surface area (Å²) in [5.74, 6) is 0.862. The molecule has 1 aromatic rings. The maximum atomic E-state index is 5.84. The van der Waals surface area contributed by atoms with E-state index in [9.17, 15) is 0 Å². The zero-order valence-corrected chi connectivity index (χ0v) is 15.8. The van der Waals surface area contributed by atoms with Crippen molar-refractivity contribution in [2.45, 2.75) is 51.3 Å². The second-order valence-corrected chi connectivity index (χ2v) is 7.55. The molecule has 5 heteroatoms. The number of aliphatic imine (C=N–C) groups is 1. The number of hydrogen-bond donors (Lipinski definition) is 2. The molecule has 2 unspecified atom stereocenters. The van der Waals surface area contributed by atoms with Crippen LogP contribution in [0.4, 0.5) is 0 Å². The molecule has 138 valence electrons.